The molecule has 3 aliphatic carbocycles. The van der Waals surface area contributed by atoms with E-state index in [2.05, 4.69) is 58.4 Å². The van der Waals surface area contributed by atoms with Gasteiger partial charge in [-0.15, -0.1) is 0 Å². The van der Waals surface area contributed by atoms with Crippen molar-refractivity contribution >= 4 is 28.6 Å². The summed E-state index contributed by atoms with van der Waals surface area (Å²) < 4.78 is 25.4. The predicted octanol–water partition coefficient (Wildman–Crippen LogP) is 7.05. The molecule has 0 amide bonds. The molecular weight excluding hydrogens is 533 g/mol. The van der Waals surface area contributed by atoms with Gasteiger partial charge in [0.25, 0.3) is 0 Å². The lowest BCUT2D eigenvalue weighted by Crippen LogP contribution is -2.35. The Morgan fingerprint density at radius 2 is 1.90 bits per heavy atom. The molecule has 1 N–H and O–H groups in total. The number of fused-ring (bicyclic) bond motifs is 2. The second-order valence-electron chi connectivity index (χ2n) is 12.4. The van der Waals surface area contributed by atoms with Crippen LogP contribution in [0.3, 0.4) is 0 Å². The maximum atomic E-state index is 13.4. The average molecular weight is 566 g/mol. The van der Waals surface area contributed by atoms with Crippen LogP contribution in [-0.2, 0) is 0 Å². The van der Waals surface area contributed by atoms with Gasteiger partial charge in [0.15, 0.2) is 5.69 Å². The van der Waals surface area contributed by atoms with E-state index in [0.717, 1.165) is 59.6 Å². The van der Waals surface area contributed by atoms with Gasteiger partial charge < -0.3 is 19.3 Å². The number of allylic oxidation sites excluding steroid dienone is 1. The van der Waals surface area contributed by atoms with Gasteiger partial charge in [0, 0.05) is 60.1 Å². The van der Waals surface area contributed by atoms with Gasteiger partial charge in [-0.25, -0.2) is 14.2 Å². The molecule has 4 aromatic rings. The Kier molecular flexibility index (Phi) is 5.88. The Balaban J connectivity index is 1.01. The highest BCUT2D eigenvalue weighted by Gasteiger charge is 2.54. The molecule has 0 radical (unpaired) electrons. The van der Waals surface area contributed by atoms with Gasteiger partial charge in [-0.05, 0) is 61.3 Å². The zero-order chi connectivity index (χ0) is 28.5. The first kappa shape index (κ1) is 25.5. The van der Waals surface area contributed by atoms with E-state index >= 15 is 0 Å². The van der Waals surface area contributed by atoms with Gasteiger partial charge in [-0.3, -0.25) is 0 Å². The zero-order valence-electron chi connectivity index (χ0n) is 23.4. The zero-order valence-corrected chi connectivity index (χ0v) is 23.4. The number of nitrogens with zero attached hydrogens (tertiary/aromatic N) is 3. The van der Waals surface area contributed by atoms with Gasteiger partial charge in [-0.2, -0.15) is 0 Å². The van der Waals surface area contributed by atoms with Crippen LogP contribution in [0.15, 0.2) is 59.1 Å². The Morgan fingerprint density at radius 1 is 1.12 bits per heavy atom. The number of halogens is 1. The Labute approximate surface area is 243 Å². The number of hydrogen-bond acceptors (Lipinski definition) is 6. The number of carboxylic acids is 1. The molecule has 2 aromatic carbocycles. The van der Waals surface area contributed by atoms with E-state index in [1.54, 1.807) is 0 Å². The summed E-state index contributed by atoms with van der Waals surface area (Å²) in [5.41, 5.74) is 5.97. The number of aromatic nitrogens is 2. The molecular formula is C34H32FN3O4. The molecule has 2 aromatic heterocycles. The van der Waals surface area contributed by atoms with Crippen molar-refractivity contribution in [1.82, 2.24) is 10.1 Å². The summed E-state index contributed by atoms with van der Waals surface area (Å²) in [6.07, 6.45) is 6.53. The fourth-order valence-corrected chi connectivity index (χ4v) is 6.78. The highest BCUT2D eigenvalue weighted by Crippen LogP contribution is 2.54. The fourth-order valence-electron chi connectivity index (χ4n) is 6.78. The summed E-state index contributed by atoms with van der Waals surface area (Å²) in [4.78, 5) is 18.4. The Hall–Kier alpha value is -4.20. The number of piperidine rings is 1. The topological polar surface area (TPSA) is 88.7 Å². The van der Waals surface area contributed by atoms with Crippen molar-refractivity contribution in [3.63, 3.8) is 0 Å². The van der Waals surface area contributed by atoms with Crippen LogP contribution in [0.5, 0.6) is 5.75 Å². The van der Waals surface area contributed by atoms with Gasteiger partial charge >= 0.3 is 5.97 Å². The monoisotopic (exact) mass is 565 g/mol. The third-order valence-electron chi connectivity index (χ3n) is 9.52. The number of ether oxygens (including phenoxy) is 1. The van der Waals surface area contributed by atoms with E-state index < -0.39 is 12.1 Å². The highest BCUT2D eigenvalue weighted by molar-refractivity contribution is 5.94. The normalized spacial score (nSPS) is 26.4. The standard InChI is InChI=1S/C34H32FN3O4/c1-18-4-2-3-5-23(18)32-25(33(42-37-32)19-6-7-19)10-9-24-27-16-38(17-28(24)27)21-8-11-29-26(14-21)31(15-30(36-29)34(39)40)41-22-12-20(35)13-22/h2-5,8-11,14-15,19-20,22,24,27-28H,6-7,12-13,16-17H2,1H3,(H,39,40)/b10-9+. The molecule has 3 saturated carbocycles. The average Bonchev–Trinajstić information content (AvgIpc) is 3.83. The van der Waals surface area contributed by atoms with Crippen LogP contribution in [0.4, 0.5) is 10.1 Å². The smallest absolute Gasteiger partial charge is 0.354 e. The molecule has 4 fully saturated rings. The third-order valence-corrected chi connectivity index (χ3v) is 9.52. The van der Waals surface area contributed by atoms with Crippen LogP contribution < -0.4 is 9.64 Å². The number of aryl methyl sites for hydroxylation is 1. The first-order valence-corrected chi connectivity index (χ1v) is 14.9. The predicted molar refractivity (Wildman–Crippen MR) is 158 cm³/mol. The van der Waals surface area contributed by atoms with Gasteiger partial charge in [0.2, 0.25) is 0 Å². The van der Waals surface area contributed by atoms with Crippen molar-refractivity contribution in [2.75, 3.05) is 18.0 Å². The quantitative estimate of drug-likeness (QED) is 0.245. The largest absolute Gasteiger partial charge is 0.489 e. The molecule has 0 spiro atoms. The number of pyridine rings is 1. The number of benzene rings is 2. The van der Waals surface area contributed by atoms with E-state index in [-0.39, 0.29) is 11.8 Å². The summed E-state index contributed by atoms with van der Waals surface area (Å²) in [6.45, 7) is 4.03. The maximum absolute atomic E-state index is 13.4. The number of alkyl halides is 1. The lowest BCUT2D eigenvalue weighted by atomic mass is 9.93. The van der Waals surface area contributed by atoms with E-state index in [1.807, 2.05) is 18.2 Å². The Morgan fingerprint density at radius 3 is 2.62 bits per heavy atom. The molecule has 7 nitrogen and oxygen atoms in total. The summed E-state index contributed by atoms with van der Waals surface area (Å²) in [5, 5.41) is 14.8. The molecule has 4 aliphatic rings. The number of anilines is 1. The van der Waals surface area contributed by atoms with Gasteiger partial charge in [0.1, 0.15) is 29.5 Å². The van der Waals surface area contributed by atoms with Crippen LogP contribution >= 0.6 is 0 Å². The van der Waals surface area contributed by atoms with Gasteiger partial charge in [0.05, 0.1) is 5.52 Å². The molecule has 1 saturated heterocycles. The summed E-state index contributed by atoms with van der Waals surface area (Å²) in [7, 11) is 0. The minimum atomic E-state index is -1.11. The SMILES string of the molecule is Cc1ccccc1-c1noc(C2CC2)c1/C=C/C1C2CN(c3ccc4nc(C(=O)O)cc(OC5CC(F)C5)c4c3)CC12. The number of rotatable bonds is 8. The first-order valence-electron chi connectivity index (χ1n) is 14.9. The lowest BCUT2D eigenvalue weighted by Gasteiger charge is -2.30. The molecule has 0 bridgehead atoms. The van der Waals surface area contributed by atoms with E-state index in [4.69, 9.17) is 9.26 Å². The molecule has 3 heterocycles. The first-order chi connectivity index (χ1) is 20.4. The minimum absolute atomic E-state index is 0.0679. The van der Waals surface area contributed by atoms with Crippen LogP contribution in [0.2, 0.25) is 0 Å². The van der Waals surface area contributed by atoms with Crippen molar-refractivity contribution in [1.29, 1.82) is 0 Å². The molecule has 2 unspecified atom stereocenters. The molecule has 8 rings (SSSR count). The third kappa shape index (κ3) is 4.44. The summed E-state index contributed by atoms with van der Waals surface area (Å²) in [6, 6.07) is 15.7. The van der Waals surface area contributed by atoms with Crippen molar-refractivity contribution in [3.8, 4) is 17.0 Å². The van der Waals surface area contributed by atoms with Crippen LogP contribution in [0, 0.1) is 24.7 Å². The molecule has 1 aliphatic heterocycles. The molecule has 42 heavy (non-hydrogen) atoms. The Bertz CT molecular complexity index is 1730. The lowest BCUT2D eigenvalue weighted by molar-refractivity contribution is 0.0417. The van der Waals surface area contributed by atoms with Gasteiger partial charge in [-0.1, -0.05) is 41.6 Å². The minimum Gasteiger partial charge on any atom is -0.489 e. The maximum Gasteiger partial charge on any atom is 0.354 e. The second-order valence-corrected chi connectivity index (χ2v) is 12.4. The van der Waals surface area contributed by atoms with Crippen molar-refractivity contribution < 1.29 is 23.6 Å². The second kappa shape index (κ2) is 9.68. The van der Waals surface area contributed by atoms with Crippen molar-refractivity contribution in [3.05, 3.63) is 77.2 Å². The molecule has 214 valence electrons. The highest BCUT2D eigenvalue weighted by atomic mass is 19.1. The molecule has 8 heteroatoms. The van der Waals surface area contributed by atoms with E-state index in [1.165, 1.54) is 11.6 Å². The summed E-state index contributed by atoms with van der Waals surface area (Å²) in [5.74, 6) is 2.56. The van der Waals surface area contributed by atoms with Crippen LogP contribution in [0.25, 0.3) is 28.2 Å². The van der Waals surface area contributed by atoms with Crippen LogP contribution in [-0.4, -0.2) is 46.6 Å². The number of aromatic carboxylic acids is 1. The van der Waals surface area contributed by atoms with Crippen molar-refractivity contribution in [2.45, 2.75) is 50.8 Å². The van der Waals surface area contributed by atoms with E-state index in [0.29, 0.717) is 47.8 Å². The van der Waals surface area contributed by atoms with E-state index in [9.17, 15) is 14.3 Å². The fraction of sp³-hybridized carbons (Fsp3) is 0.382. The van der Waals surface area contributed by atoms with Crippen LogP contribution in [0.1, 0.15) is 59.0 Å². The molecule has 2 atom stereocenters. The number of carboxylic acid groups (broad SMARTS) is 1. The number of hydrogen-bond donors (Lipinski definition) is 1. The van der Waals surface area contributed by atoms with Crippen molar-refractivity contribution in [2.24, 2.45) is 17.8 Å². The summed E-state index contributed by atoms with van der Waals surface area (Å²) >= 11 is 0. The number of carbonyl (C=O) groups is 1.